The van der Waals surface area contributed by atoms with Crippen LogP contribution in [0.4, 0.5) is 5.69 Å². The summed E-state index contributed by atoms with van der Waals surface area (Å²) >= 11 is 6.47. The number of nitrogens with zero attached hydrogens (tertiary/aromatic N) is 3. The highest BCUT2D eigenvalue weighted by atomic mass is 35.5. The molecule has 29 heavy (non-hydrogen) atoms. The summed E-state index contributed by atoms with van der Waals surface area (Å²) < 4.78 is 1.69. The van der Waals surface area contributed by atoms with Crippen LogP contribution in [0.2, 0.25) is 5.15 Å². The monoisotopic (exact) mass is 412 g/mol. The minimum absolute atomic E-state index is 0.0237. The molecule has 0 unspecified atom stereocenters. The Kier molecular flexibility index (Phi) is 5.84. The summed E-state index contributed by atoms with van der Waals surface area (Å²) in [5, 5.41) is 13.9. The van der Waals surface area contributed by atoms with Gasteiger partial charge in [0.05, 0.1) is 23.6 Å². The van der Waals surface area contributed by atoms with E-state index in [1.54, 1.807) is 17.7 Å². The average Bonchev–Trinajstić information content (AvgIpc) is 3.15. The Morgan fingerprint density at radius 3 is 2.59 bits per heavy atom. The fourth-order valence-corrected chi connectivity index (χ4v) is 3.11. The standard InChI is InChI=1S/C20H21ClN6O2/c1-11-4-6-14(7-5-11)10-27-19(21)15(12(2)26-27)8-9-16(28)23-17-13(3)24-25-18(17)20(22)29/h4-9H,10H2,1-3H3,(H2,22,29)(H,23,28)(H,24,25)/b9-8+. The topological polar surface area (TPSA) is 119 Å². The van der Waals surface area contributed by atoms with Crippen molar-refractivity contribution in [1.29, 1.82) is 0 Å². The molecule has 0 fully saturated rings. The molecule has 2 aromatic heterocycles. The van der Waals surface area contributed by atoms with E-state index in [2.05, 4.69) is 20.6 Å². The predicted octanol–water partition coefficient (Wildman–Crippen LogP) is 2.98. The van der Waals surface area contributed by atoms with Crippen LogP contribution in [0.3, 0.4) is 0 Å². The van der Waals surface area contributed by atoms with Gasteiger partial charge in [0.1, 0.15) is 5.15 Å². The smallest absolute Gasteiger partial charge is 0.271 e. The van der Waals surface area contributed by atoms with Crippen LogP contribution in [0.25, 0.3) is 6.08 Å². The summed E-state index contributed by atoms with van der Waals surface area (Å²) in [5.41, 5.74) is 9.62. The van der Waals surface area contributed by atoms with E-state index in [9.17, 15) is 9.59 Å². The fourth-order valence-electron chi connectivity index (χ4n) is 2.81. The van der Waals surface area contributed by atoms with Gasteiger partial charge in [0.2, 0.25) is 5.91 Å². The lowest BCUT2D eigenvalue weighted by Gasteiger charge is -2.04. The number of anilines is 1. The van der Waals surface area contributed by atoms with Crippen LogP contribution in [-0.4, -0.2) is 31.8 Å². The number of nitrogens with one attached hydrogen (secondary N) is 2. The van der Waals surface area contributed by atoms with E-state index in [1.165, 1.54) is 11.6 Å². The van der Waals surface area contributed by atoms with E-state index >= 15 is 0 Å². The van der Waals surface area contributed by atoms with Crippen molar-refractivity contribution in [3.8, 4) is 0 Å². The second-order valence-electron chi connectivity index (χ2n) is 6.69. The maximum Gasteiger partial charge on any atom is 0.271 e. The third kappa shape index (κ3) is 4.55. The number of nitrogens with two attached hydrogens (primary N) is 1. The second-order valence-corrected chi connectivity index (χ2v) is 7.05. The Hall–Kier alpha value is -3.39. The molecule has 3 aromatic rings. The number of primary amides is 1. The first-order valence-corrected chi connectivity index (χ1v) is 9.26. The molecule has 2 amide bonds. The van der Waals surface area contributed by atoms with Crippen molar-refractivity contribution in [2.24, 2.45) is 5.73 Å². The summed E-state index contributed by atoms with van der Waals surface area (Å²) in [6.45, 7) is 6.05. The Labute approximate surface area is 172 Å². The molecule has 0 radical (unpaired) electrons. The first-order chi connectivity index (χ1) is 13.8. The predicted molar refractivity (Wildman–Crippen MR) is 112 cm³/mol. The summed E-state index contributed by atoms with van der Waals surface area (Å²) in [4.78, 5) is 23.7. The van der Waals surface area contributed by atoms with Crippen molar-refractivity contribution < 1.29 is 9.59 Å². The van der Waals surface area contributed by atoms with E-state index in [-0.39, 0.29) is 11.4 Å². The van der Waals surface area contributed by atoms with Crippen molar-refractivity contribution in [2.75, 3.05) is 5.32 Å². The van der Waals surface area contributed by atoms with Crippen molar-refractivity contribution >= 4 is 35.2 Å². The van der Waals surface area contributed by atoms with E-state index in [0.29, 0.717) is 28.6 Å². The number of aromatic nitrogens is 4. The molecule has 0 aliphatic rings. The number of carbonyl (C=O) groups is 2. The molecule has 0 atom stereocenters. The summed E-state index contributed by atoms with van der Waals surface area (Å²) in [6, 6.07) is 8.11. The molecule has 1 aromatic carbocycles. The molecule has 4 N–H and O–H groups in total. The highest BCUT2D eigenvalue weighted by Gasteiger charge is 2.17. The number of hydrogen-bond donors (Lipinski definition) is 3. The molecule has 0 saturated heterocycles. The lowest BCUT2D eigenvalue weighted by Crippen LogP contribution is -2.16. The molecule has 0 saturated carbocycles. The first-order valence-electron chi connectivity index (χ1n) is 8.88. The molecule has 8 nitrogen and oxygen atoms in total. The van der Waals surface area contributed by atoms with Gasteiger partial charge < -0.3 is 11.1 Å². The minimum Gasteiger partial charge on any atom is -0.364 e. The third-order valence-corrected chi connectivity index (χ3v) is 4.79. The highest BCUT2D eigenvalue weighted by molar-refractivity contribution is 6.31. The molecule has 2 heterocycles. The lowest BCUT2D eigenvalue weighted by atomic mass is 10.1. The number of hydrogen-bond acceptors (Lipinski definition) is 4. The zero-order valence-corrected chi connectivity index (χ0v) is 17.0. The summed E-state index contributed by atoms with van der Waals surface area (Å²) in [6.07, 6.45) is 2.91. The maximum atomic E-state index is 12.3. The number of amides is 2. The van der Waals surface area contributed by atoms with Gasteiger partial charge in [0.15, 0.2) is 5.69 Å². The Morgan fingerprint density at radius 2 is 1.93 bits per heavy atom. The Bertz CT molecular complexity index is 1100. The Balaban J connectivity index is 1.76. The number of H-pyrrole nitrogens is 1. The number of benzene rings is 1. The first kappa shape index (κ1) is 20.3. The van der Waals surface area contributed by atoms with Crippen molar-refractivity contribution in [3.63, 3.8) is 0 Å². The largest absolute Gasteiger partial charge is 0.364 e. The molecule has 0 aliphatic heterocycles. The van der Waals surface area contributed by atoms with Gasteiger partial charge in [-0.05, 0) is 32.4 Å². The number of halogens is 1. The average molecular weight is 413 g/mol. The van der Waals surface area contributed by atoms with Crippen LogP contribution >= 0.6 is 11.6 Å². The number of carbonyl (C=O) groups excluding carboxylic acids is 2. The quantitative estimate of drug-likeness (QED) is 0.539. The number of rotatable bonds is 6. The highest BCUT2D eigenvalue weighted by Crippen LogP contribution is 2.23. The van der Waals surface area contributed by atoms with E-state index in [4.69, 9.17) is 17.3 Å². The zero-order chi connectivity index (χ0) is 21.1. The van der Waals surface area contributed by atoms with Gasteiger partial charge >= 0.3 is 0 Å². The number of aromatic amines is 1. The molecule has 9 heteroatoms. The maximum absolute atomic E-state index is 12.3. The molecular formula is C20H21ClN6O2. The van der Waals surface area contributed by atoms with Gasteiger partial charge in [-0.25, -0.2) is 4.68 Å². The van der Waals surface area contributed by atoms with Gasteiger partial charge in [0, 0.05) is 11.6 Å². The Morgan fingerprint density at radius 1 is 1.24 bits per heavy atom. The minimum atomic E-state index is -0.732. The van der Waals surface area contributed by atoms with Crippen LogP contribution in [0.1, 0.15) is 38.6 Å². The van der Waals surface area contributed by atoms with Gasteiger partial charge in [-0.2, -0.15) is 10.2 Å². The number of aryl methyl sites for hydroxylation is 3. The molecule has 150 valence electrons. The molecule has 0 spiro atoms. The van der Waals surface area contributed by atoms with Crippen LogP contribution in [0.5, 0.6) is 0 Å². The van der Waals surface area contributed by atoms with E-state index < -0.39 is 11.8 Å². The van der Waals surface area contributed by atoms with Crippen LogP contribution < -0.4 is 11.1 Å². The normalized spacial score (nSPS) is 11.2. The van der Waals surface area contributed by atoms with Gasteiger partial charge in [-0.15, -0.1) is 0 Å². The lowest BCUT2D eigenvalue weighted by molar-refractivity contribution is -0.111. The van der Waals surface area contributed by atoms with Crippen molar-refractivity contribution in [1.82, 2.24) is 20.0 Å². The van der Waals surface area contributed by atoms with Gasteiger partial charge in [-0.3, -0.25) is 14.7 Å². The zero-order valence-electron chi connectivity index (χ0n) is 16.3. The van der Waals surface area contributed by atoms with E-state index in [1.807, 2.05) is 38.1 Å². The molecular weight excluding hydrogens is 392 g/mol. The SMILES string of the molecule is Cc1ccc(Cn2nc(C)c(/C=C/C(=O)Nc3c(C(N)=O)n[nH]c3C)c2Cl)cc1. The van der Waals surface area contributed by atoms with Crippen LogP contribution in [0.15, 0.2) is 30.3 Å². The third-order valence-electron chi connectivity index (χ3n) is 4.39. The van der Waals surface area contributed by atoms with Gasteiger partial charge in [0.25, 0.3) is 5.91 Å². The summed E-state index contributed by atoms with van der Waals surface area (Å²) in [5.74, 6) is -1.18. The van der Waals surface area contributed by atoms with Crippen molar-refractivity contribution in [3.05, 3.63) is 69.3 Å². The van der Waals surface area contributed by atoms with Crippen LogP contribution in [0, 0.1) is 20.8 Å². The van der Waals surface area contributed by atoms with Crippen LogP contribution in [-0.2, 0) is 11.3 Å². The van der Waals surface area contributed by atoms with E-state index in [0.717, 1.165) is 5.56 Å². The van der Waals surface area contributed by atoms with Gasteiger partial charge in [-0.1, -0.05) is 41.4 Å². The molecule has 0 aliphatic carbocycles. The molecule has 3 rings (SSSR count). The fraction of sp³-hybridized carbons (Fsp3) is 0.200. The van der Waals surface area contributed by atoms with Crippen molar-refractivity contribution in [2.45, 2.75) is 27.3 Å². The second kappa shape index (κ2) is 8.32. The molecule has 0 bridgehead atoms. The summed E-state index contributed by atoms with van der Waals surface area (Å²) in [7, 11) is 0.